The third-order valence-corrected chi connectivity index (χ3v) is 6.35. The van der Waals surface area contributed by atoms with E-state index in [2.05, 4.69) is 15.6 Å². The Bertz CT molecular complexity index is 869. The number of aryl methyl sites for hydroxylation is 2. The SMILES string of the molecule is Cc1nc(C(C)(C)NC(=O)Nc2ccc(N3C[C@@H](C)O[C@@H](C)C3)c(F)c2)sc1C. The van der Waals surface area contributed by atoms with Crippen LogP contribution < -0.4 is 15.5 Å². The topological polar surface area (TPSA) is 66.5 Å². The fourth-order valence-electron chi connectivity index (χ4n) is 3.46. The molecule has 8 heteroatoms. The van der Waals surface area contributed by atoms with Crippen molar-refractivity contribution in [3.05, 3.63) is 39.6 Å². The number of nitrogens with one attached hydrogen (secondary N) is 2. The molecule has 0 saturated carbocycles. The minimum absolute atomic E-state index is 0.0436. The Kier molecular flexibility index (Phi) is 6.14. The highest BCUT2D eigenvalue weighted by atomic mass is 32.1. The molecule has 0 radical (unpaired) electrons. The summed E-state index contributed by atoms with van der Waals surface area (Å²) in [4.78, 5) is 20.1. The molecule has 0 unspecified atom stereocenters. The Morgan fingerprint density at radius 3 is 2.48 bits per heavy atom. The molecule has 2 heterocycles. The Hall–Kier alpha value is -2.19. The monoisotopic (exact) mass is 420 g/mol. The average Bonchev–Trinajstić information content (AvgIpc) is 2.93. The van der Waals surface area contributed by atoms with E-state index < -0.39 is 11.6 Å². The second-order valence-electron chi connectivity index (χ2n) is 8.19. The van der Waals surface area contributed by atoms with E-state index in [9.17, 15) is 9.18 Å². The number of carbonyl (C=O) groups excluding carboxylic acids is 1. The highest BCUT2D eigenvalue weighted by Crippen LogP contribution is 2.28. The van der Waals surface area contributed by atoms with E-state index in [4.69, 9.17) is 4.74 Å². The number of urea groups is 1. The summed E-state index contributed by atoms with van der Waals surface area (Å²) in [5, 5.41) is 6.47. The van der Waals surface area contributed by atoms with Crippen molar-refractivity contribution in [2.75, 3.05) is 23.3 Å². The fourth-order valence-corrected chi connectivity index (χ4v) is 4.43. The molecule has 6 nitrogen and oxygen atoms in total. The van der Waals surface area contributed by atoms with Crippen LogP contribution in [0.1, 0.15) is 43.3 Å². The number of benzene rings is 1. The molecule has 2 amide bonds. The Morgan fingerprint density at radius 1 is 1.28 bits per heavy atom. The third-order valence-electron chi connectivity index (χ3n) is 4.96. The van der Waals surface area contributed by atoms with Gasteiger partial charge in [0.1, 0.15) is 10.8 Å². The molecule has 0 bridgehead atoms. The van der Waals surface area contributed by atoms with E-state index in [1.54, 1.807) is 23.5 Å². The first-order chi connectivity index (χ1) is 13.5. The van der Waals surface area contributed by atoms with Crippen molar-refractivity contribution in [3.8, 4) is 0 Å². The van der Waals surface area contributed by atoms with Crippen molar-refractivity contribution < 1.29 is 13.9 Å². The van der Waals surface area contributed by atoms with Crippen LogP contribution in [0, 0.1) is 19.7 Å². The molecule has 158 valence electrons. The number of anilines is 2. The normalized spacial score (nSPS) is 19.9. The van der Waals surface area contributed by atoms with E-state index in [1.807, 2.05) is 46.4 Å². The summed E-state index contributed by atoms with van der Waals surface area (Å²) >= 11 is 1.56. The van der Waals surface area contributed by atoms with Crippen LogP contribution in [0.25, 0.3) is 0 Å². The third kappa shape index (κ3) is 5.05. The maximum Gasteiger partial charge on any atom is 0.319 e. The lowest BCUT2D eigenvalue weighted by Gasteiger charge is -2.37. The van der Waals surface area contributed by atoms with Crippen molar-refractivity contribution in [1.82, 2.24) is 10.3 Å². The van der Waals surface area contributed by atoms with Gasteiger partial charge in [0.25, 0.3) is 0 Å². The largest absolute Gasteiger partial charge is 0.372 e. The van der Waals surface area contributed by atoms with E-state index >= 15 is 0 Å². The van der Waals surface area contributed by atoms with Crippen molar-refractivity contribution in [3.63, 3.8) is 0 Å². The van der Waals surface area contributed by atoms with Crippen LogP contribution in [0.5, 0.6) is 0 Å². The van der Waals surface area contributed by atoms with Crippen LogP contribution in [0.2, 0.25) is 0 Å². The zero-order valence-electron chi connectivity index (χ0n) is 17.8. The number of aromatic nitrogens is 1. The Morgan fingerprint density at radius 2 is 1.93 bits per heavy atom. The number of morpholine rings is 1. The molecule has 3 rings (SSSR count). The Labute approximate surface area is 175 Å². The first kappa shape index (κ1) is 21.5. The zero-order valence-corrected chi connectivity index (χ0v) is 18.6. The molecule has 0 aliphatic carbocycles. The number of ether oxygens (including phenoxy) is 1. The quantitative estimate of drug-likeness (QED) is 0.760. The van der Waals surface area contributed by atoms with Gasteiger partial charge in [-0.1, -0.05) is 0 Å². The lowest BCUT2D eigenvalue weighted by Crippen LogP contribution is -2.45. The van der Waals surface area contributed by atoms with Gasteiger partial charge >= 0.3 is 6.03 Å². The standard InChI is InChI=1S/C21H29FN4O2S/c1-12-10-26(11-13(2)28-12)18-8-7-16(9-17(18)22)24-20(27)25-21(5,6)19-23-14(3)15(4)29-19/h7-9,12-13H,10-11H2,1-6H3,(H2,24,25,27)/t12-,13+. The van der Waals surface area contributed by atoms with Crippen molar-refractivity contribution >= 4 is 28.7 Å². The molecule has 1 aromatic carbocycles. The summed E-state index contributed by atoms with van der Waals surface area (Å²) in [6.07, 6.45) is 0.0872. The summed E-state index contributed by atoms with van der Waals surface area (Å²) in [6.45, 7) is 13.0. The lowest BCUT2D eigenvalue weighted by atomic mass is 10.1. The molecule has 2 atom stereocenters. The van der Waals surface area contributed by atoms with Crippen molar-refractivity contribution in [1.29, 1.82) is 0 Å². The maximum atomic E-state index is 14.7. The number of thiazole rings is 1. The van der Waals surface area contributed by atoms with Crippen LogP contribution >= 0.6 is 11.3 Å². The smallest absolute Gasteiger partial charge is 0.319 e. The number of carbonyl (C=O) groups is 1. The average molecular weight is 421 g/mol. The van der Waals surface area contributed by atoms with Crippen LogP contribution in [-0.2, 0) is 10.3 Å². The molecule has 29 heavy (non-hydrogen) atoms. The number of rotatable bonds is 4. The van der Waals surface area contributed by atoms with Crippen LogP contribution in [0.3, 0.4) is 0 Å². The predicted molar refractivity (Wildman–Crippen MR) is 115 cm³/mol. The molecule has 2 N–H and O–H groups in total. The molecule has 1 aromatic heterocycles. The van der Waals surface area contributed by atoms with Gasteiger partial charge in [-0.2, -0.15) is 0 Å². The fraction of sp³-hybridized carbons (Fsp3) is 0.524. The van der Waals surface area contributed by atoms with Gasteiger partial charge in [-0.05, 0) is 59.7 Å². The molecule has 1 saturated heterocycles. The first-order valence-electron chi connectivity index (χ1n) is 9.79. The van der Waals surface area contributed by atoms with Gasteiger partial charge in [0.2, 0.25) is 0 Å². The van der Waals surface area contributed by atoms with Gasteiger partial charge in [0.05, 0.1) is 29.1 Å². The second kappa shape index (κ2) is 8.28. The minimum atomic E-state index is -0.633. The first-order valence-corrected chi connectivity index (χ1v) is 10.6. The van der Waals surface area contributed by atoms with E-state index in [0.717, 1.165) is 15.6 Å². The number of hydrogen-bond acceptors (Lipinski definition) is 5. The molecule has 1 fully saturated rings. The van der Waals surface area contributed by atoms with Gasteiger partial charge in [-0.15, -0.1) is 11.3 Å². The number of nitrogens with zero attached hydrogens (tertiary/aromatic N) is 2. The number of halogens is 1. The summed E-state index contributed by atoms with van der Waals surface area (Å²) in [5.74, 6) is -0.366. The molecular weight excluding hydrogens is 391 g/mol. The molecule has 1 aliphatic rings. The van der Waals surface area contributed by atoms with E-state index in [1.165, 1.54) is 6.07 Å². The molecule has 2 aromatic rings. The zero-order chi connectivity index (χ0) is 21.3. The second-order valence-corrected chi connectivity index (χ2v) is 9.40. The van der Waals surface area contributed by atoms with Crippen molar-refractivity contribution in [2.45, 2.75) is 59.3 Å². The van der Waals surface area contributed by atoms with Gasteiger partial charge in [-0.25, -0.2) is 14.2 Å². The summed E-state index contributed by atoms with van der Waals surface area (Å²) in [5.41, 5.74) is 1.25. The lowest BCUT2D eigenvalue weighted by molar-refractivity contribution is -0.00539. The van der Waals surface area contributed by atoms with Gasteiger partial charge in [0.15, 0.2) is 0 Å². The minimum Gasteiger partial charge on any atom is -0.372 e. The molecule has 0 spiro atoms. The number of amides is 2. The van der Waals surface area contributed by atoms with Crippen LogP contribution in [0.4, 0.5) is 20.6 Å². The maximum absolute atomic E-state index is 14.7. The summed E-state index contributed by atoms with van der Waals surface area (Å²) in [7, 11) is 0. The molecular formula is C21H29FN4O2S. The number of hydrogen-bond donors (Lipinski definition) is 2. The van der Waals surface area contributed by atoms with Gasteiger partial charge in [-0.3, -0.25) is 0 Å². The van der Waals surface area contributed by atoms with Crippen molar-refractivity contribution in [2.24, 2.45) is 0 Å². The van der Waals surface area contributed by atoms with Gasteiger partial charge in [0, 0.05) is 23.7 Å². The van der Waals surface area contributed by atoms with E-state index in [-0.39, 0.29) is 18.0 Å². The van der Waals surface area contributed by atoms with E-state index in [0.29, 0.717) is 24.5 Å². The highest BCUT2D eigenvalue weighted by molar-refractivity contribution is 7.11. The van der Waals surface area contributed by atoms with Gasteiger partial charge < -0.3 is 20.3 Å². The predicted octanol–water partition coefficient (Wildman–Crippen LogP) is 4.57. The Balaban J connectivity index is 1.67. The summed E-state index contributed by atoms with van der Waals surface area (Å²) < 4.78 is 20.4. The highest BCUT2D eigenvalue weighted by Gasteiger charge is 2.28. The molecule has 1 aliphatic heterocycles. The summed E-state index contributed by atoms with van der Waals surface area (Å²) in [6, 6.07) is 4.37. The van der Waals surface area contributed by atoms with Crippen LogP contribution in [-0.4, -0.2) is 36.3 Å². The van der Waals surface area contributed by atoms with Crippen LogP contribution in [0.15, 0.2) is 18.2 Å².